The van der Waals surface area contributed by atoms with Crippen molar-refractivity contribution in [1.82, 2.24) is 19.9 Å². The monoisotopic (exact) mass is 505 g/mol. The van der Waals surface area contributed by atoms with Gasteiger partial charge in [-0.15, -0.1) is 0 Å². The number of pyridine rings is 2. The van der Waals surface area contributed by atoms with Crippen LogP contribution in [-0.2, 0) is 13.0 Å². The summed E-state index contributed by atoms with van der Waals surface area (Å²) in [6.07, 6.45) is 9.21. The second kappa shape index (κ2) is 9.84. The second-order valence-electron chi connectivity index (χ2n) is 10.1. The van der Waals surface area contributed by atoms with E-state index in [1.807, 2.05) is 18.5 Å². The van der Waals surface area contributed by atoms with Gasteiger partial charge < -0.3 is 15.0 Å². The fraction of sp³-hybridized carbons (Fsp3) is 0.194. The van der Waals surface area contributed by atoms with E-state index in [0.717, 1.165) is 82.1 Å². The van der Waals surface area contributed by atoms with Crippen LogP contribution in [0.4, 0.5) is 4.39 Å². The lowest BCUT2D eigenvalue weighted by Gasteiger charge is -2.13. The van der Waals surface area contributed by atoms with Crippen LogP contribution in [-0.4, -0.2) is 51.3 Å². The number of hydrogen-bond donors (Lipinski definition) is 2. The van der Waals surface area contributed by atoms with Crippen molar-refractivity contribution in [2.75, 3.05) is 20.6 Å². The van der Waals surface area contributed by atoms with Crippen molar-refractivity contribution < 1.29 is 9.50 Å². The number of nitrogens with one attached hydrogen (secondary N) is 1. The van der Waals surface area contributed by atoms with Gasteiger partial charge in [0.1, 0.15) is 11.6 Å². The minimum Gasteiger partial charge on any atom is -0.508 e. The van der Waals surface area contributed by atoms with Gasteiger partial charge in [-0.3, -0.25) is 15.0 Å². The van der Waals surface area contributed by atoms with Gasteiger partial charge in [0.25, 0.3) is 0 Å². The lowest BCUT2D eigenvalue weighted by atomic mass is 9.94. The third-order valence-electron chi connectivity index (χ3n) is 6.86. The van der Waals surface area contributed by atoms with Gasteiger partial charge >= 0.3 is 0 Å². The zero-order valence-corrected chi connectivity index (χ0v) is 21.4. The molecule has 1 aliphatic heterocycles. The molecule has 190 valence electrons. The van der Waals surface area contributed by atoms with Gasteiger partial charge in [-0.2, -0.15) is 0 Å². The summed E-state index contributed by atoms with van der Waals surface area (Å²) < 4.78 is 14.1. The fourth-order valence-corrected chi connectivity index (χ4v) is 5.21. The zero-order valence-electron chi connectivity index (χ0n) is 21.4. The maximum Gasteiger partial charge on any atom is 0.127 e. The van der Waals surface area contributed by atoms with Crippen LogP contribution in [0.2, 0.25) is 0 Å². The summed E-state index contributed by atoms with van der Waals surface area (Å²) in [6.45, 7) is 1.56. The zero-order chi connectivity index (χ0) is 26.2. The highest BCUT2D eigenvalue weighted by molar-refractivity contribution is 6.16. The van der Waals surface area contributed by atoms with Crippen molar-refractivity contribution in [3.05, 3.63) is 102 Å². The molecule has 1 aliphatic rings. The Balaban J connectivity index is 1.45. The number of rotatable bonds is 5. The molecule has 2 aromatic carbocycles. The number of aryl methyl sites for hydroxylation is 1. The molecule has 6 rings (SSSR count). The summed E-state index contributed by atoms with van der Waals surface area (Å²) in [5.41, 5.74) is 9.62. The van der Waals surface area contributed by atoms with Gasteiger partial charge in [0.05, 0.1) is 23.1 Å². The summed E-state index contributed by atoms with van der Waals surface area (Å²) in [7, 11) is 4.10. The highest BCUT2D eigenvalue weighted by Crippen LogP contribution is 2.33. The Morgan fingerprint density at radius 1 is 0.895 bits per heavy atom. The van der Waals surface area contributed by atoms with Crippen LogP contribution < -0.4 is 0 Å². The van der Waals surface area contributed by atoms with Gasteiger partial charge in [0.15, 0.2) is 0 Å². The number of fused-ring (bicyclic) bond motifs is 2. The highest BCUT2D eigenvalue weighted by atomic mass is 19.1. The number of phenolic OH excluding ortho intramolecular Hbond substituents is 1. The van der Waals surface area contributed by atoms with Crippen molar-refractivity contribution >= 4 is 16.6 Å². The van der Waals surface area contributed by atoms with Gasteiger partial charge in [-0.1, -0.05) is 12.1 Å². The SMILES string of the molecule is CN(C)Cc1cncc(-c2ccc3c(c2)C(c2cc4c(-c5cc(O)cc(F)c5)cncc4[nH]2)=NCCC3)c1. The minimum absolute atomic E-state index is 0.119. The van der Waals surface area contributed by atoms with E-state index >= 15 is 0 Å². The maximum absolute atomic E-state index is 14.1. The second-order valence-corrected chi connectivity index (χ2v) is 10.1. The summed E-state index contributed by atoms with van der Waals surface area (Å²) >= 11 is 0. The van der Waals surface area contributed by atoms with Crippen molar-refractivity contribution in [2.24, 2.45) is 4.99 Å². The highest BCUT2D eigenvalue weighted by Gasteiger charge is 2.19. The van der Waals surface area contributed by atoms with Gasteiger partial charge in [0, 0.05) is 59.8 Å². The molecule has 4 heterocycles. The molecule has 5 aromatic rings. The van der Waals surface area contributed by atoms with E-state index in [1.54, 1.807) is 18.5 Å². The van der Waals surface area contributed by atoms with E-state index in [4.69, 9.17) is 4.99 Å². The van der Waals surface area contributed by atoms with Crippen molar-refractivity contribution in [1.29, 1.82) is 0 Å². The number of H-pyrrole nitrogens is 1. The molecule has 7 heteroatoms. The van der Waals surface area contributed by atoms with E-state index in [9.17, 15) is 9.50 Å². The molecule has 2 N–H and O–H groups in total. The average Bonchev–Trinajstić information content (AvgIpc) is 3.21. The Hall–Kier alpha value is -4.36. The predicted molar refractivity (Wildman–Crippen MR) is 149 cm³/mol. The predicted octanol–water partition coefficient (Wildman–Crippen LogP) is 5.98. The lowest BCUT2D eigenvalue weighted by Crippen LogP contribution is -2.10. The van der Waals surface area contributed by atoms with Crippen LogP contribution in [0.15, 0.2) is 78.3 Å². The van der Waals surface area contributed by atoms with Crippen molar-refractivity contribution in [3.8, 4) is 28.0 Å². The number of aromatic amines is 1. The molecule has 0 fully saturated rings. The smallest absolute Gasteiger partial charge is 0.127 e. The largest absolute Gasteiger partial charge is 0.508 e. The Morgan fingerprint density at radius 2 is 1.76 bits per heavy atom. The number of nitrogens with zero attached hydrogens (tertiary/aromatic N) is 4. The number of hydrogen-bond acceptors (Lipinski definition) is 5. The third-order valence-corrected chi connectivity index (χ3v) is 6.86. The normalized spacial score (nSPS) is 13.4. The van der Waals surface area contributed by atoms with E-state index in [2.05, 4.69) is 58.2 Å². The number of aromatic nitrogens is 3. The first-order valence-corrected chi connectivity index (χ1v) is 12.7. The Kier molecular flexibility index (Phi) is 6.21. The van der Waals surface area contributed by atoms with E-state index < -0.39 is 5.82 Å². The average molecular weight is 506 g/mol. The molecule has 3 aromatic heterocycles. The number of halogens is 1. The standard InChI is InChI=1S/C31H28FN5O/c1-37(2)18-19-8-23(15-33-14-19)21-6-5-20-4-3-7-35-31(26(20)11-21)29-13-27-28(16-34-17-30(27)36-29)22-9-24(32)12-25(38)10-22/h5-6,8-17,36,38H,3-4,7,18H2,1-2H3. The Bertz CT molecular complexity index is 1670. The molecular weight excluding hydrogens is 477 g/mol. The topological polar surface area (TPSA) is 77.4 Å². The molecule has 0 radical (unpaired) electrons. The molecule has 38 heavy (non-hydrogen) atoms. The first kappa shape index (κ1) is 24.0. The van der Waals surface area contributed by atoms with Crippen LogP contribution in [0, 0.1) is 5.82 Å². The number of phenols is 1. The minimum atomic E-state index is -0.494. The first-order chi connectivity index (χ1) is 18.4. The fourth-order valence-electron chi connectivity index (χ4n) is 5.21. The van der Waals surface area contributed by atoms with E-state index in [1.165, 1.54) is 11.6 Å². The third kappa shape index (κ3) is 4.68. The number of benzene rings is 2. The molecule has 0 unspecified atom stereocenters. The maximum atomic E-state index is 14.1. The van der Waals surface area contributed by atoms with Crippen LogP contribution >= 0.6 is 0 Å². The van der Waals surface area contributed by atoms with Crippen LogP contribution in [0.5, 0.6) is 5.75 Å². The number of aliphatic imine (C=N–C) groups is 1. The quantitative estimate of drug-likeness (QED) is 0.308. The molecule has 0 saturated carbocycles. The summed E-state index contributed by atoms with van der Waals surface area (Å²) in [5.74, 6) is -0.613. The van der Waals surface area contributed by atoms with E-state index in [0.29, 0.717) is 5.56 Å². The Morgan fingerprint density at radius 3 is 2.61 bits per heavy atom. The molecular formula is C31H28FN5O. The molecule has 0 saturated heterocycles. The molecule has 0 spiro atoms. The van der Waals surface area contributed by atoms with Gasteiger partial charge in [-0.25, -0.2) is 4.39 Å². The van der Waals surface area contributed by atoms with Gasteiger partial charge in [-0.05, 0) is 79.5 Å². The van der Waals surface area contributed by atoms with Crippen molar-refractivity contribution in [2.45, 2.75) is 19.4 Å². The molecule has 6 nitrogen and oxygen atoms in total. The molecule has 0 bridgehead atoms. The van der Waals surface area contributed by atoms with Crippen LogP contribution in [0.25, 0.3) is 33.2 Å². The van der Waals surface area contributed by atoms with Gasteiger partial charge in [0.2, 0.25) is 0 Å². The van der Waals surface area contributed by atoms with Crippen molar-refractivity contribution in [3.63, 3.8) is 0 Å². The first-order valence-electron chi connectivity index (χ1n) is 12.7. The summed E-state index contributed by atoms with van der Waals surface area (Å²) in [6, 6.07) is 14.9. The lowest BCUT2D eigenvalue weighted by molar-refractivity contribution is 0.402. The Labute approximate surface area is 220 Å². The molecule has 0 atom stereocenters. The number of aromatic hydroxyl groups is 1. The molecule has 0 aliphatic carbocycles. The molecule has 0 amide bonds. The van der Waals surface area contributed by atoms with Crippen LogP contribution in [0.3, 0.4) is 0 Å². The summed E-state index contributed by atoms with van der Waals surface area (Å²) in [5, 5.41) is 10.9. The van der Waals surface area contributed by atoms with E-state index in [-0.39, 0.29) is 5.75 Å². The summed E-state index contributed by atoms with van der Waals surface area (Å²) in [4.78, 5) is 19.5. The van der Waals surface area contributed by atoms with Crippen LogP contribution in [0.1, 0.15) is 28.8 Å².